The molecule has 2 saturated heterocycles. The van der Waals surface area contributed by atoms with Gasteiger partial charge in [0, 0.05) is 45.6 Å². The Balaban J connectivity index is 1.64. The van der Waals surface area contributed by atoms with Crippen LogP contribution < -0.4 is 10.1 Å². The molecule has 2 aliphatic rings. The van der Waals surface area contributed by atoms with Crippen molar-refractivity contribution >= 4 is 17.7 Å². The smallest absolute Gasteiger partial charge is 0.227 e. The zero-order valence-electron chi connectivity index (χ0n) is 15.1. The minimum absolute atomic E-state index is 0.0150. The molecule has 0 aromatic heterocycles. The molecule has 3 amide bonds. The lowest BCUT2D eigenvalue weighted by Gasteiger charge is -2.34. The number of benzene rings is 1. The van der Waals surface area contributed by atoms with E-state index in [2.05, 4.69) is 5.32 Å². The van der Waals surface area contributed by atoms with Gasteiger partial charge in [-0.3, -0.25) is 14.4 Å². The first-order valence-electron chi connectivity index (χ1n) is 9.03. The van der Waals surface area contributed by atoms with E-state index in [-0.39, 0.29) is 23.6 Å². The van der Waals surface area contributed by atoms with E-state index in [1.54, 1.807) is 16.9 Å². The van der Waals surface area contributed by atoms with E-state index in [9.17, 15) is 14.4 Å². The van der Waals surface area contributed by atoms with Crippen LogP contribution in [0, 0.1) is 5.92 Å². The number of methoxy groups -OCH3 is 1. The zero-order chi connectivity index (χ0) is 18.5. The maximum Gasteiger partial charge on any atom is 0.227 e. The summed E-state index contributed by atoms with van der Waals surface area (Å²) >= 11 is 0. The van der Waals surface area contributed by atoms with E-state index in [4.69, 9.17) is 4.74 Å². The molecular weight excluding hydrogens is 334 g/mol. The van der Waals surface area contributed by atoms with E-state index in [0.717, 1.165) is 11.3 Å². The largest absolute Gasteiger partial charge is 0.497 e. The molecule has 1 unspecified atom stereocenters. The number of likely N-dealkylation sites (tertiary alicyclic amines) is 1. The molecule has 7 heteroatoms. The van der Waals surface area contributed by atoms with Gasteiger partial charge >= 0.3 is 0 Å². The van der Waals surface area contributed by atoms with Gasteiger partial charge in [0.05, 0.1) is 13.0 Å². The Kier molecular flexibility index (Phi) is 5.75. The van der Waals surface area contributed by atoms with Crippen LogP contribution in [0.3, 0.4) is 0 Å². The molecule has 1 N–H and O–H groups in total. The fourth-order valence-electron chi connectivity index (χ4n) is 3.51. The van der Waals surface area contributed by atoms with Crippen molar-refractivity contribution in [2.45, 2.75) is 25.8 Å². The Hall–Kier alpha value is -2.57. The predicted octanol–water partition coefficient (Wildman–Crippen LogP) is 0.782. The summed E-state index contributed by atoms with van der Waals surface area (Å²) in [6.45, 7) is 2.37. The lowest BCUT2D eigenvalue weighted by Crippen LogP contribution is -2.47. The number of amides is 3. The van der Waals surface area contributed by atoms with Gasteiger partial charge in [-0.1, -0.05) is 12.1 Å². The third-order valence-corrected chi connectivity index (χ3v) is 4.98. The van der Waals surface area contributed by atoms with Crippen molar-refractivity contribution in [3.05, 3.63) is 29.8 Å². The van der Waals surface area contributed by atoms with Crippen LogP contribution in [-0.4, -0.2) is 60.8 Å². The molecule has 2 heterocycles. The number of hydrogen-bond donors (Lipinski definition) is 1. The van der Waals surface area contributed by atoms with Crippen molar-refractivity contribution in [3.63, 3.8) is 0 Å². The van der Waals surface area contributed by atoms with Crippen molar-refractivity contribution < 1.29 is 19.1 Å². The normalized spacial score (nSPS) is 21.2. The first-order chi connectivity index (χ1) is 12.6. The predicted molar refractivity (Wildman–Crippen MR) is 95.3 cm³/mol. The monoisotopic (exact) mass is 359 g/mol. The highest BCUT2D eigenvalue weighted by Crippen LogP contribution is 2.23. The van der Waals surface area contributed by atoms with Gasteiger partial charge in [0.25, 0.3) is 0 Å². The molecule has 1 aromatic rings. The lowest BCUT2D eigenvalue weighted by atomic mass is 9.95. The summed E-state index contributed by atoms with van der Waals surface area (Å²) in [5.41, 5.74) is 0.982. The third kappa shape index (κ3) is 4.33. The number of piperidine rings is 1. The first kappa shape index (κ1) is 18.2. The highest BCUT2D eigenvalue weighted by atomic mass is 16.5. The summed E-state index contributed by atoms with van der Waals surface area (Å²) in [6, 6.07) is 7.62. The summed E-state index contributed by atoms with van der Waals surface area (Å²) in [5, 5.41) is 2.78. The molecule has 0 aliphatic carbocycles. The molecule has 0 bridgehead atoms. The van der Waals surface area contributed by atoms with Crippen molar-refractivity contribution in [1.82, 2.24) is 15.1 Å². The molecule has 0 spiro atoms. The van der Waals surface area contributed by atoms with Crippen LogP contribution in [-0.2, 0) is 20.9 Å². The fraction of sp³-hybridized carbons (Fsp3) is 0.526. The minimum Gasteiger partial charge on any atom is -0.497 e. The van der Waals surface area contributed by atoms with Gasteiger partial charge in [0.2, 0.25) is 17.7 Å². The molecule has 3 rings (SSSR count). The van der Waals surface area contributed by atoms with Gasteiger partial charge in [-0.15, -0.1) is 0 Å². The Morgan fingerprint density at radius 3 is 2.92 bits per heavy atom. The Morgan fingerprint density at radius 2 is 2.12 bits per heavy atom. The van der Waals surface area contributed by atoms with Crippen LogP contribution in [0.2, 0.25) is 0 Å². The number of nitrogens with zero attached hydrogens (tertiary/aromatic N) is 2. The van der Waals surface area contributed by atoms with Crippen LogP contribution in [0.15, 0.2) is 24.3 Å². The third-order valence-electron chi connectivity index (χ3n) is 4.98. The van der Waals surface area contributed by atoms with Crippen LogP contribution >= 0.6 is 0 Å². The van der Waals surface area contributed by atoms with Crippen molar-refractivity contribution in [2.24, 2.45) is 5.92 Å². The molecule has 1 aromatic carbocycles. The summed E-state index contributed by atoms with van der Waals surface area (Å²) in [5.74, 6) is 0.654. The second kappa shape index (κ2) is 8.21. The molecule has 140 valence electrons. The van der Waals surface area contributed by atoms with Crippen LogP contribution in [0.4, 0.5) is 0 Å². The first-order valence-corrected chi connectivity index (χ1v) is 9.03. The fourth-order valence-corrected chi connectivity index (χ4v) is 3.51. The molecule has 7 nitrogen and oxygen atoms in total. The minimum atomic E-state index is -0.202. The molecular formula is C19H25N3O4. The second-order valence-electron chi connectivity index (χ2n) is 6.79. The number of hydrogen-bond acceptors (Lipinski definition) is 4. The van der Waals surface area contributed by atoms with Gasteiger partial charge in [0.1, 0.15) is 5.75 Å². The van der Waals surface area contributed by atoms with Gasteiger partial charge in [-0.2, -0.15) is 0 Å². The molecule has 2 aliphatic heterocycles. The molecule has 0 saturated carbocycles. The number of carbonyl (C=O) groups excluding carboxylic acids is 3. The molecule has 26 heavy (non-hydrogen) atoms. The Morgan fingerprint density at radius 1 is 1.27 bits per heavy atom. The van der Waals surface area contributed by atoms with E-state index >= 15 is 0 Å². The summed E-state index contributed by atoms with van der Waals surface area (Å²) < 4.78 is 5.23. The van der Waals surface area contributed by atoms with E-state index in [1.807, 2.05) is 24.3 Å². The lowest BCUT2D eigenvalue weighted by molar-refractivity contribution is -0.143. The maximum atomic E-state index is 12.8. The SMILES string of the molecule is COc1cccc(CN2CC(C(=O)N3CCNC(=O)CC3)CCC2=O)c1. The topological polar surface area (TPSA) is 79.0 Å². The van der Waals surface area contributed by atoms with Crippen molar-refractivity contribution in [2.75, 3.05) is 33.3 Å². The summed E-state index contributed by atoms with van der Waals surface area (Å²) in [7, 11) is 1.61. The van der Waals surface area contributed by atoms with E-state index in [1.165, 1.54) is 0 Å². The number of nitrogens with one attached hydrogen (secondary N) is 1. The quantitative estimate of drug-likeness (QED) is 0.862. The van der Waals surface area contributed by atoms with Crippen LogP contribution in [0.1, 0.15) is 24.8 Å². The molecule has 2 fully saturated rings. The van der Waals surface area contributed by atoms with Gasteiger partial charge < -0.3 is 19.9 Å². The standard InChI is InChI=1S/C19H25N3O4/c1-26-16-4-2-3-14(11-16)12-22-13-15(5-6-18(22)24)19(25)21-9-7-17(23)20-8-10-21/h2-4,11,15H,5-10,12-13H2,1H3,(H,20,23). The number of rotatable bonds is 4. The second-order valence-corrected chi connectivity index (χ2v) is 6.79. The Bertz CT molecular complexity index is 691. The molecule has 0 radical (unpaired) electrons. The maximum absolute atomic E-state index is 12.8. The summed E-state index contributed by atoms with van der Waals surface area (Å²) in [4.78, 5) is 40.1. The van der Waals surface area contributed by atoms with Crippen LogP contribution in [0.25, 0.3) is 0 Å². The average Bonchev–Trinajstić information content (AvgIpc) is 2.87. The summed E-state index contributed by atoms with van der Waals surface area (Å²) in [6.07, 6.45) is 1.29. The van der Waals surface area contributed by atoms with E-state index < -0.39 is 0 Å². The van der Waals surface area contributed by atoms with Crippen molar-refractivity contribution in [1.29, 1.82) is 0 Å². The van der Waals surface area contributed by atoms with Crippen LogP contribution in [0.5, 0.6) is 5.75 Å². The number of ether oxygens (including phenoxy) is 1. The van der Waals surface area contributed by atoms with Gasteiger partial charge in [0.15, 0.2) is 0 Å². The number of carbonyl (C=O) groups is 3. The Labute approximate surface area is 153 Å². The van der Waals surface area contributed by atoms with E-state index in [0.29, 0.717) is 52.0 Å². The average molecular weight is 359 g/mol. The van der Waals surface area contributed by atoms with Gasteiger partial charge in [-0.25, -0.2) is 0 Å². The highest BCUT2D eigenvalue weighted by molar-refractivity contribution is 5.85. The van der Waals surface area contributed by atoms with Gasteiger partial charge in [-0.05, 0) is 24.1 Å². The zero-order valence-corrected chi connectivity index (χ0v) is 15.1. The van der Waals surface area contributed by atoms with Crippen molar-refractivity contribution in [3.8, 4) is 5.75 Å². The molecule has 1 atom stereocenters. The highest BCUT2D eigenvalue weighted by Gasteiger charge is 2.33.